The van der Waals surface area contributed by atoms with Gasteiger partial charge in [0.05, 0.1) is 22.7 Å². The van der Waals surface area contributed by atoms with Gasteiger partial charge in [-0.3, -0.25) is 9.97 Å². The van der Waals surface area contributed by atoms with E-state index in [0.717, 1.165) is 18.5 Å². The number of fused-ring (bicyclic) bond motifs is 1. The summed E-state index contributed by atoms with van der Waals surface area (Å²) in [6.07, 6.45) is 4.01. The lowest BCUT2D eigenvalue weighted by atomic mass is 9.66. The van der Waals surface area contributed by atoms with Gasteiger partial charge in [-0.05, 0) is 24.1 Å². The molecular formula is C19H24N2O3. The van der Waals surface area contributed by atoms with E-state index in [1.807, 2.05) is 0 Å². The Kier molecular flexibility index (Phi) is 4.54. The molecule has 1 aromatic heterocycles. The minimum atomic E-state index is -0.317. The quantitative estimate of drug-likeness (QED) is 0.784. The molecule has 0 spiro atoms. The first-order valence-electron chi connectivity index (χ1n) is 8.41. The minimum absolute atomic E-state index is 0.125. The fraction of sp³-hybridized carbons (Fsp3) is 0.526. The van der Waals surface area contributed by atoms with Crippen LogP contribution in [0.1, 0.15) is 44.5 Å². The Labute approximate surface area is 142 Å². The van der Waals surface area contributed by atoms with Gasteiger partial charge >= 0.3 is 5.97 Å². The highest BCUT2D eigenvalue weighted by Crippen LogP contribution is 2.45. The first kappa shape index (κ1) is 16.8. The van der Waals surface area contributed by atoms with Crippen LogP contribution in [0.5, 0.6) is 0 Å². The molecule has 128 valence electrons. The molecule has 2 aromatic rings. The van der Waals surface area contributed by atoms with E-state index in [9.17, 15) is 4.79 Å². The van der Waals surface area contributed by atoms with Gasteiger partial charge in [0, 0.05) is 30.8 Å². The number of carbonyl (C=O) groups is 1. The van der Waals surface area contributed by atoms with Crippen molar-refractivity contribution in [1.82, 2.24) is 9.97 Å². The van der Waals surface area contributed by atoms with Crippen LogP contribution in [-0.4, -0.2) is 34.8 Å². The number of hydrogen-bond donors (Lipinski definition) is 0. The molecule has 0 aliphatic heterocycles. The third kappa shape index (κ3) is 3.26. The number of hydrogen-bond acceptors (Lipinski definition) is 5. The maximum Gasteiger partial charge on any atom is 0.338 e. The lowest BCUT2D eigenvalue weighted by Crippen LogP contribution is -2.56. The van der Waals surface area contributed by atoms with Gasteiger partial charge in [-0.1, -0.05) is 27.7 Å². The molecule has 5 nitrogen and oxygen atoms in total. The van der Waals surface area contributed by atoms with Gasteiger partial charge in [-0.25, -0.2) is 4.79 Å². The van der Waals surface area contributed by atoms with Gasteiger partial charge in [0.25, 0.3) is 0 Å². The van der Waals surface area contributed by atoms with E-state index < -0.39 is 0 Å². The number of ether oxygens (including phenoxy) is 2. The minimum Gasteiger partial charge on any atom is -0.458 e. The second kappa shape index (κ2) is 6.48. The van der Waals surface area contributed by atoms with E-state index in [4.69, 9.17) is 9.47 Å². The zero-order valence-corrected chi connectivity index (χ0v) is 14.7. The van der Waals surface area contributed by atoms with Gasteiger partial charge in [0.15, 0.2) is 0 Å². The van der Waals surface area contributed by atoms with Crippen molar-refractivity contribution in [3.8, 4) is 0 Å². The Morgan fingerprint density at radius 3 is 2.58 bits per heavy atom. The summed E-state index contributed by atoms with van der Waals surface area (Å²) >= 11 is 0. The SMILES string of the molecule is CC(C)CO[C@@H]1C[C@@H](OC(=O)c2ccc3nccnc3c2)C1(C)C. The van der Waals surface area contributed by atoms with Crippen LogP contribution in [0, 0.1) is 11.3 Å². The van der Waals surface area contributed by atoms with E-state index >= 15 is 0 Å². The molecule has 1 aliphatic carbocycles. The molecule has 1 aliphatic rings. The first-order chi connectivity index (χ1) is 11.4. The summed E-state index contributed by atoms with van der Waals surface area (Å²) in [5.74, 6) is 0.184. The smallest absolute Gasteiger partial charge is 0.338 e. The van der Waals surface area contributed by atoms with Crippen LogP contribution in [0.2, 0.25) is 0 Å². The van der Waals surface area contributed by atoms with Gasteiger partial charge in [0.1, 0.15) is 6.10 Å². The van der Waals surface area contributed by atoms with Crippen molar-refractivity contribution in [2.75, 3.05) is 6.61 Å². The van der Waals surface area contributed by atoms with Crippen LogP contribution in [0.4, 0.5) is 0 Å². The summed E-state index contributed by atoms with van der Waals surface area (Å²) in [6, 6.07) is 5.25. The lowest BCUT2D eigenvalue weighted by Gasteiger charge is -2.50. The van der Waals surface area contributed by atoms with Crippen LogP contribution >= 0.6 is 0 Å². The van der Waals surface area contributed by atoms with Crippen molar-refractivity contribution in [1.29, 1.82) is 0 Å². The highest BCUT2D eigenvalue weighted by molar-refractivity contribution is 5.93. The topological polar surface area (TPSA) is 61.3 Å². The van der Waals surface area contributed by atoms with E-state index in [1.165, 1.54) is 0 Å². The van der Waals surface area contributed by atoms with Gasteiger partial charge in [-0.15, -0.1) is 0 Å². The number of esters is 1. The predicted octanol–water partition coefficient (Wildman–Crippen LogP) is 3.63. The Hall–Kier alpha value is -2.01. The maximum atomic E-state index is 12.4. The fourth-order valence-corrected chi connectivity index (χ4v) is 2.93. The Balaban J connectivity index is 1.64. The molecule has 24 heavy (non-hydrogen) atoms. The van der Waals surface area contributed by atoms with Crippen LogP contribution in [0.25, 0.3) is 11.0 Å². The summed E-state index contributed by atoms with van der Waals surface area (Å²) in [5, 5.41) is 0. The molecule has 2 atom stereocenters. The molecule has 1 saturated carbocycles. The second-order valence-corrected chi connectivity index (χ2v) is 7.43. The average Bonchev–Trinajstić information content (AvgIpc) is 2.56. The van der Waals surface area contributed by atoms with Crippen molar-refractivity contribution in [2.45, 2.75) is 46.3 Å². The lowest BCUT2D eigenvalue weighted by molar-refractivity contribution is -0.180. The molecule has 1 heterocycles. The molecule has 0 N–H and O–H groups in total. The number of benzene rings is 1. The zero-order valence-electron chi connectivity index (χ0n) is 14.7. The van der Waals surface area contributed by atoms with E-state index in [1.54, 1.807) is 30.6 Å². The normalized spacial score (nSPS) is 22.4. The highest BCUT2D eigenvalue weighted by atomic mass is 16.6. The van der Waals surface area contributed by atoms with Crippen molar-refractivity contribution in [3.63, 3.8) is 0 Å². The summed E-state index contributed by atoms with van der Waals surface area (Å²) in [7, 11) is 0. The van der Waals surface area contributed by atoms with Crippen LogP contribution < -0.4 is 0 Å². The predicted molar refractivity (Wildman–Crippen MR) is 91.7 cm³/mol. The van der Waals surface area contributed by atoms with Crippen LogP contribution in [-0.2, 0) is 9.47 Å². The van der Waals surface area contributed by atoms with E-state index in [0.29, 0.717) is 17.0 Å². The number of carbonyl (C=O) groups excluding carboxylic acids is 1. The molecule has 0 unspecified atom stereocenters. The molecule has 3 rings (SSSR count). The highest BCUT2D eigenvalue weighted by Gasteiger charge is 2.51. The molecule has 0 saturated heterocycles. The molecule has 1 fully saturated rings. The van der Waals surface area contributed by atoms with Gasteiger partial charge in [0.2, 0.25) is 0 Å². The summed E-state index contributed by atoms with van der Waals surface area (Å²) in [5.41, 5.74) is 1.80. The molecule has 5 heteroatoms. The molecule has 0 bridgehead atoms. The molecule has 0 radical (unpaired) electrons. The molecule has 1 aromatic carbocycles. The zero-order chi connectivity index (χ0) is 17.3. The largest absolute Gasteiger partial charge is 0.458 e. The third-order valence-electron chi connectivity index (χ3n) is 4.67. The van der Waals surface area contributed by atoms with E-state index in [-0.39, 0.29) is 23.6 Å². The Morgan fingerprint density at radius 2 is 1.92 bits per heavy atom. The summed E-state index contributed by atoms with van der Waals surface area (Å²) in [4.78, 5) is 20.9. The fourth-order valence-electron chi connectivity index (χ4n) is 2.93. The van der Waals surface area contributed by atoms with Crippen molar-refractivity contribution >= 4 is 17.0 Å². The number of aromatic nitrogens is 2. The first-order valence-corrected chi connectivity index (χ1v) is 8.41. The Morgan fingerprint density at radius 1 is 1.21 bits per heavy atom. The van der Waals surface area contributed by atoms with E-state index in [2.05, 4.69) is 37.7 Å². The second-order valence-electron chi connectivity index (χ2n) is 7.43. The third-order valence-corrected chi connectivity index (χ3v) is 4.67. The molecular weight excluding hydrogens is 304 g/mol. The van der Waals surface area contributed by atoms with Crippen molar-refractivity contribution in [3.05, 3.63) is 36.2 Å². The van der Waals surface area contributed by atoms with Crippen LogP contribution in [0.15, 0.2) is 30.6 Å². The standard InChI is InChI=1S/C19H24N2O3/c1-12(2)11-23-16-10-17(19(16,3)4)24-18(22)13-5-6-14-15(9-13)21-8-7-20-14/h5-9,12,16-17H,10-11H2,1-4H3/t16-,17-/m1/s1. The van der Waals surface area contributed by atoms with Gasteiger partial charge < -0.3 is 9.47 Å². The number of rotatable bonds is 5. The maximum absolute atomic E-state index is 12.4. The average molecular weight is 328 g/mol. The number of nitrogens with zero attached hydrogens (tertiary/aromatic N) is 2. The van der Waals surface area contributed by atoms with Gasteiger partial charge in [-0.2, -0.15) is 0 Å². The Bertz CT molecular complexity index is 742. The van der Waals surface area contributed by atoms with Crippen molar-refractivity contribution in [2.24, 2.45) is 11.3 Å². The van der Waals surface area contributed by atoms with Crippen LogP contribution in [0.3, 0.4) is 0 Å². The summed E-state index contributed by atoms with van der Waals surface area (Å²) in [6.45, 7) is 9.17. The molecule has 0 amide bonds. The summed E-state index contributed by atoms with van der Waals surface area (Å²) < 4.78 is 11.6. The monoisotopic (exact) mass is 328 g/mol. The van der Waals surface area contributed by atoms with Crippen molar-refractivity contribution < 1.29 is 14.3 Å².